The molecule has 0 aromatic carbocycles. The number of nitrogens with zero attached hydrogens (tertiary/aromatic N) is 4. The minimum absolute atomic E-state index is 0.00237. The zero-order valence-corrected chi connectivity index (χ0v) is 55.0. The Labute approximate surface area is 493 Å². The Kier molecular flexibility index (Phi) is 44.4. The summed E-state index contributed by atoms with van der Waals surface area (Å²) in [6.07, 6.45) is 43.5. The van der Waals surface area contributed by atoms with Crippen molar-refractivity contribution in [2.75, 3.05) is 26.4 Å². The number of rotatable bonds is 41. The highest BCUT2D eigenvalue weighted by Gasteiger charge is 2.44. The third-order valence-electron chi connectivity index (χ3n) is 16.7. The predicted octanol–water partition coefficient (Wildman–Crippen LogP) is 22.1. The van der Waals surface area contributed by atoms with Crippen LogP contribution in [0.25, 0.3) is 0 Å². The first-order valence-electron chi connectivity index (χ1n) is 34.2. The highest BCUT2D eigenvalue weighted by molar-refractivity contribution is 5.81. The molecule has 0 aromatic rings. The van der Waals surface area contributed by atoms with Gasteiger partial charge in [0.15, 0.2) is 29.6 Å². The zero-order chi connectivity index (χ0) is 59.4. The number of halogens is 3. The number of hydrogen-bond donors (Lipinski definition) is 0. The Morgan fingerprint density at radius 1 is 0.362 bits per heavy atom. The van der Waals surface area contributed by atoms with Gasteiger partial charge in [-0.1, -0.05) is 295 Å². The van der Waals surface area contributed by atoms with Crippen LogP contribution in [0.2, 0.25) is 0 Å². The Morgan fingerprint density at radius 3 is 0.875 bits per heavy atom. The van der Waals surface area contributed by atoms with Crippen molar-refractivity contribution in [2.45, 2.75) is 358 Å². The lowest BCUT2D eigenvalue weighted by molar-refractivity contribution is -0.149. The molecule has 8 unspecified atom stereocenters. The van der Waals surface area contributed by atoms with E-state index in [1.54, 1.807) is 0 Å². The predicted molar refractivity (Wildman–Crippen MR) is 340 cm³/mol. The third kappa shape index (κ3) is 37.8. The zero-order valence-electron chi connectivity index (χ0n) is 55.0. The molecule has 4 rings (SSSR count). The summed E-state index contributed by atoms with van der Waals surface area (Å²) in [4.78, 5) is 17.7. The fourth-order valence-electron chi connectivity index (χ4n) is 10.6. The van der Waals surface area contributed by atoms with Crippen LogP contribution in [0, 0.1) is 35.0 Å². The number of unbranched alkanes of at least 4 members (excludes halogenated alkanes) is 28. The molecule has 4 aliphatic heterocycles. The first-order chi connectivity index (χ1) is 38.3. The van der Waals surface area contributed by atoms with Crippen molar-refractivity contribution < 1.29 is 32.1 Å². The van der Waals surface area contributed by atoms with Gasteiger partial charge in [-0.15, -0.1) is 0 Å². The van der Waals surface area contributed by atoms with Crippen LogP contribution in [0.5, 0.6) is 0 Å². The summed E-state index contributed by atoms with van der Waals surface area (Å²) in [7, 11) is 0. The molecule has 0 aromatic heterocycles. The van der Waals surface area contributed by atoms with Crippen molar-refractivity contribution in [3.63, 3.8) is 0 Å². The third-order valence-corrected chi connectivity index (χ3v) is 16.7. The molecule has 80 heavy (non-hydrogen) atoms. The Balaban J connectivity index is 0.000000534. The molecule has 0 N–H and O–H groups in total. The number of hydrogen-bond acceptors (Lipinski definition) is 8. The monoisotopic (exact) mass is 1140 g/mol. The van der Waals surface area contributed by atoms with E-state index < -0.39 is 12.2 Å². The van der Waals surface area contributed by atoms with Crippen LogP contribution < -0.4 is 0 Å². The molecule has 0 spiro atoms. The van der Waals surface area contributed by atoms with Crippen LogP contribution in [0.4, 0.5) is 13.2 Å². The lowest BCUT2D eigenvalue weighted by atomic mass is 9.88. The minimum Gasteiger partial charge on any atom is -0.479 e. The summed E-state index contributed by atoms with van der Waals surface area (Å²) >= 11 is 0. The van der Waals surface area contributed by atoms with Crippen molar-refractivity contribution in [1.82, 2.24) is 0 Å². The van der Waals surface area contributed by atoms with Crippen molar-refractivity contribution in [1.29, 1.82) is 0 Å². The van der Waals surface area contributed by atoms with E-state index in [1.807, 2.05) is 6.92 Å². The second-order valence-electron chi connectivity index (χ2n) is 26.4. The van der Waals surface area contributed by atoms with E-state index in [1.165, 1.54) is 212 Å². The van der Waals surface area contributed by atoms with Crippen molar-refractivity contribution in [3.05, 3.63) is 0 Å². The molecule has 0 amide bonds. The topological polar surface area (TPSA) is 86.4 Å². The summed E-state index contributed by atoms with van der Waals surface area (Å²) in [6, 6.07) is -0.547. The highest BCUT2D eigenvalue weighted by atomic mass is 19.4. The standard InChI is InChI=1S/C19H37NO.C18H35NO.C16H28F3NO.C16H31NO/c1-6-7-8-9-10-11-12-13-14-16(2)18-20-17(15-21-18)19(3,4)5;1-5-6-7-8-9-10-11-12-13-16(4)18-19-17(14-20-18)15(2)3;1-3-4-5-6-7-8-9-10-11-13(2)15-20-14(12-21-15)16(17,18)19;1-4-5-6-7-8-9-10-11-12-14(2)16-17-15(3)13-18-16/h16-17H,6-15H2,1-5H3;15-17H,5-14H2,1-4H3;13-14H,3-12H2,1-2H3;14-15H,4-13H2,1-3H3. The molecule has 8 nitrogen and oxygen atoms in total. The Bertz CT molecular complexity index is 1530. The van der Waals surface area contributed by atoms with Gasteiger partial charge in [0.2, 0.25) is 0 Å². The van der Waals surface area contributed by atoms with E-state index >= 15 is 0 Å². The maximum Gasteiger partial charge on any atom is 0.414 e. The molecule has 0 fully saturated rings. The molecule has 472 valence electrons. The number of aliphatic imine (C=N–C) groups is 4. The van der Waals surface area contributed by atoms with Gasteiger partial charge in [-0.2, -0.15) is 13.2 Å². The van der Waals surface area contributed by atoms with Gasteiger partial charge in [-0.25, -0.2) is 20.0 Å². The molecule has 8 atom stereocenters. The maximum absolute atomic E-state index is 12.5. The van der Waals surface area contributed by atoms with Crippen LogP contribution in [-0.4, -0.2) is 80.4 Å². The second kappa shape index (κ2) is 47.0. The Morgan fingerprint density at radius 2 is 0.625 bits per heavy atom. The van der Waals surface area contributed by atoms with Gasteiger partial charge in [0.25, 0.3) is 0 Å². The maximum atomic E-state index is 12.5. The van der Waals surface area contributed by atoms with Crippen LogP contribution in [-0.2, 0) is 18.9 Å². The molecule has 4 heterocycles. The molecular formula is C69H131F3N4O4. The lowest BCUT2D eigenvalue weighted by Gasteiger charge is -2.21. The minimum atomic E-state index is -4.28. The molecule has 4 aliphatic rings. The molecule has 0 aliphatic carbocycles. The smallest absolute Gasteiger partial charge is 0.414 e. The summed E-state index contributed by atoms with van der Waals surface area (Å²) < 4.78 is 59.8. The van der Waals surface area contributed by atoms with Gasteiger partial charge in [-0.05, 0) is 43.9 Å². The first kappa shape index (κ1) is 75.7. The normalized spacial score (nSPS) is 20.3. The van der Waals surface area contributed by atoms with Crippen LogP contribution >= 0.6 is 0 Å². The van der Waals surface area contributed by atoms with E-state index in [2.05, 4.69) is 100.0 Å². The molecular weight excluding hydrogens is 1010 g/mol. The van der Waals surface area contributed by atoms with Gasteiger partial charge in [0.05, 0.1) is 18.1 Å². The summed E-state index contributed by atoms with van der Waals surface area (Å²) in [5, 5.41) is 0. The van der Waals surface area contributed by atoms with Gasteiger partial charge in [0, 0.05) is 23.7 Å². The fraction of sp³-hybridized carbons (Fsp3) is 0.942. The fourth-order valence-corrected chi connectivity index (χ4v) is 10.6. The van der Waals surface area contributed by atoms with E-state index in [0.717, 1.165) is 56.8 Å². The lowest BCUT2D eigenvalue weighted by Crippen LogP contribution is -2.27. The average Bonchev–Trinajstić information content (AvgIpc) is 4.28. The number of alkyl halides is 3. The van der Waals surface area contributed by atoms with Gasteiger partial charge in [0.1, 0.15) is 26.4 Å². The van der Waals surface area contributed by atoms with Crippen molar-refractivity contribution in [2.24, 2.45) is 55.0 Å². The second-order valence-corrected chi connectivity index (χ2v) is 26.4. The van der Waals surface area contributed by atoms with Crippen molar-refractivity contribution >= 4 is 23.6 Å². The average molecular weight is 1140 g/mol. The largest absolute Gasteiger partial charge is 0.479 e. The van der Waals surface area contributed by atoms with Crippen LogP contribution in [0.1, 0.15) is 328 Å². The molecule has 0 bridgehead atoms. The first-order valence-corrected chi connectivity index (χ1v) is 34.2. The molecule has 0 radical (unpaired) electrons. The molecule has 11 heteroatoms. The van der Waals surface area contributed by atoms with Crippen LogP contribution in [0.15, 0.2) is 20.0 Å². The molecule has 0 saturated heterocycles. The van der Waals surface area contributed by atoms with Crippen LogP contribution in [0.3, 0.4) is 0 Å². The van der Waals surface area contributed by atoms with Gasteiger partial charge < -0.3 is 18.9 Å². The molecule has 0 saturated carbocycles. The van der Waals surface area contributed by atoms with E-state index in [4.69, 9.17) is 28.9 Å². The van der Waals surface area contributed by atoms with Crippen molar-refractivity contribution in [3.8, 4) is 0 Å². The van der Waals surface area contributed by atoms with E-state index in [-0.39, 0.29) is 17.9 Å². The number of ether oxygens (including phenoxy) is 4. The SMILES string of the molecule is CCCCCCCCCCC(C)C1=NC(C(C)(C)C)CO1.CCCCCCCCCCC(C)C1=NC(C(C)C)CO1.CCCCCCCCCCC(C)C1=NC(C(F)(F)F)CO1.CCCCCCCCCCC(C)C1=NC(C)CO1. The summed E-state index contributed by atoms with van der Waals surface area (Å²) in [5.41, 5.74) is 0.222. The summed E-state index contributed by atoms with van der Waals surface area (Å²) in [6.45, 7) is 33.1. The van der Waals surface area contributed by atoms with E-state index in [0.29, 0.717) is 47.7 Å². The highest BCUT2D eigenvalue weighted by Crippen LogP contribution is 2.30. The van der Waals surface area contributed by atoms with Gasteiger partial charge >= 0.3 is 6.18 Å². The van der Waals surface area contributed by atoms with E-state index in [9.17, 15) is 13.2 Å². The van der Waals surface area contributed by atoms with Gasteiger partial charge in [-0.3, -0.25) is 0 Å². The Hall–Kier alpha value is -2.33. The quantitative estimate of drug-likeness (QED) is 0.0571. The summed E-state index contributed by atoms with van der Waals surface area (Å²) in [5.74, 6) is 5.46.